The minimum absolute atomic E-state index is 0.119. The molecule has 2 aromatic rings. The minimum Gasteiger partial charge on any atom is -0.322 e. The molecule has 0 spiro atoms. The van der Waals surface area contributed by atoms with Crippen molar-refractivity contribution in [1.29, 1.82) is 0 Å². The van der Waals surface area contributed by atoms with Crippen molar-refractivity contribution in [3.05, 3.63) is 71.8 Å². The van der Waals surface area contributed by atoms with E-state index in [-0.39, 0.29) is 11.2 Å². The third-order valence-corrected chi connectivity index (χ3v) is 7.36. The van der Waals surface area contributed by atoms with Crippen molar-refractivity contribution in [2.24, 2.45) is 11.1 Å². The van der Waals surface area contributed by atoms with Crippen LogP contribution in [-0.4, -0.2) is 14.2 Å². The van der Waals surface area contributed by atoms with Crippen LogP contribution < -0.4 is 10.5 Å². The number of nitrogens with one attached hydrogen (secondary N) is 1. The molecule has 0 saturated carbocycles. The maximum atomic E-state index is 13.1. The Balaban J connectivity index is 2.34. The van der Waals surface area contributed by atoms with Crippen LogP contribution in [0.15, 0.2) is 60.7 Å². The van der Waals surface area contributed by atoms with Gasteiger partial charge in [-0.15, -0.1) is 0 Å². The van der Waals surface area contributed by atoms with Crippen molar-refractivity contribution >= 4 is 10.0 Å². The second-order valence-corrected chi connectivity index (χ2v) is 9.02. The highest BCUT2D eigenvalue weighted by atomic mass is 32.2. The van der Waals surface area contributed by atoms with E-state index in [0.717, 1.165) is 30.4 Å². The Morgan fingerprint density at radius 1 is 0.852 bits per heavy atom. The van der Waals surface area contributed by atoms with Gasteiger partial charge in [0.15, 0.2) is 0 Å². The molecule has 2 atom stereocenters. The molecule has 2 aromatic carbocycles. The van der Waals surface area contributed by atoms with Crippen LogP contribution in [0.2, 0.25) is 0 Å². The van der Waals surface area contributed by atoms with Crippen molar-refractivity contribution in [3.63, 3.8) is 0 Å². The normalized spacial score (nSPS) is 14.7. The summed E-state index contributed by atoms with van der Waals surface area (Å²) in [7, 11) is -3.51. The van der Waals surface area contributed by atoms with Gasteiger partial charge in [0.25, 0.3) is 0 Å². The van der Waals surface area contributed by atoms with E-state index in [1.54, 1.807) is 0 Å². The van der Waals surface area contributed by atoms with Gasteiger partial charge in [-0.2, -0.15) is 0 Å². The SMILES string of the molecule is CCC(CC)(CC)CS(=O)(=O)NC(c1ccccc1)C(N)c1ccccc1. The Kier molecular flexibility index (Phi) is 7.59. The summed E-state index contributed by atoms with van der Waals surface area (Å²) >= 11 is 0. The van der Waals surface area contributed by atoms with E-state index >= 15 is 0 Å². The summed E-state index contributed by atoms with van der Waals surface area (Å²) in [6.45, 7) is 6.19. The molecule has 0 aliphatic heterocycles. The molecule has 4 nitrogen and oxygen atoms in total. The molecule has 0 amide bonds. The highest BCUT2D eigenvalue weighted by Gasteiger charge is 2.33. The maximum absolute atomic E-state index is 13.1. The molecule has 0 radical (unpaired) electrons. The monoisotopic (exact) mass is 388 g/mol. The van der Waals surface area contributed by atoms with Crippen molar-refractivity contribution in [2.45, 2.75) is 52.1 Å². The molecule has 0 saturated heterocycles. The van der Waals surface area contributed by atoms with Crippen molar-refractivity contribution in [3.8, 4) is 0 Å². The molecule has 5 heteroatoms. The maximum Gasteiger partial charge on any atom is 0.212 e. The van der Waals surface area contributed by atoms with E-state index in [0.29, 0.717) is 0 Å². The Morgan fingerprint density at radius 2 is 1.30 bits per heavy atom. The summed E-state index contributed by atoms with van der Waals surface area (Å²) in [6, 6.07) is 18.2. The summed E-state index contributed by atoms with van der Waals surface area (Å²) < 4.78 is 29.1. The molecular formula is C22H32N2O2S. The van der Waals surface area contributed by atoms with Gasteiger partial charge < -0.3 is 5.73 Å². The molecule has 0 aliphatic carbocycles. The van der Waals surface area contributed by atoms with Crippen LogP contribution in [-0.2, 0) is 10.0 Å². The Morgan fingerprint density at radius 3 is 1.74 bits per heavy atom. The summed E-state index contributed by atoms with van der Waals surface area (Å²) in [6.07, 6.45) is 2.50. The average molecular weight is 389 g/mol. The molecular weight excluding hydrogens is 356 g/mol. The predicted molar refractivity (Wildman–Crippen MR) is 113 cm³/mol. The third-order valence-electron chi connectivity index (χ3n) is 5.76. The van der Waals surface area contributed by atoms with Gasteiger partial charge >= 0.3 is 0 Å². The van der Waals surface area contributed by atoms with Crippen LogP contribution in [0.3, 0.4) is 0 Å². The number of nitrogens with two attached hydrogens (primary N) is 1. The van der Waals surface area contributed by atoms with Gasteiger partial charge in [-0.3, -0.25) is 0 Å². The molecule has 0 bridgehead atoms. The molecule has 2 rings (SSSR count). The first-order valence-corrected chi connectivity index (χ1v) is 11.4. The zero-order valence-corrected chi connectivity index (χ0v) is 17.4. The first kappa shape index (κ1) is 21.6. The molecule has 2 unspecified atom stereocenters. The van der Waals surface area contributed by atoms with E-state index in [1.165, 1.54) is 0 Å². The topological polar surface area (TPSA) is 72.2 Å². The number of sulfonamides is 1. The van der Waals surface area contributed by atoms with E-state index in [1.807, 2.05) is 60.7 Å². The van der Waals surface area contributed by atoms with Crippen LogP contribution >= 0.6 is 0 Å². The number of rotatable bonds is 10. The third kappa shape index (κ3) is 5.64. The quantitative estimate of drug-likeness (QED) is 0.626. The first-order valence-electron chi connectivity index (χ1n) is 9.72. The summed E-state index contributed by atoms with van der Waals surface area (Å²) in [4.78, 5) is 0. The van der Waals surface area contributed by atoms with Gasteiger partial charge in [0.05, 0.1) is 17.8 Å². The number of benzene rings is 2. The Hall–Kier alpha value is -1.69. The van der Waals surface area contributed by atoms with E-state index in [9.17, 15) is 8.42 Å². The van der Waals surface area contributed by atoms with Gasteiger partial charge in [0.1, 0.15) is 0 Å². The van der Waals surface area contributed by atoms with E-state index in [4.69, 9.17) is 5.73 Å². The smallest absolute Gasteiger partial charge is 0.212 e. The Bertz CT molecular complexity index is 779. The van der Waals surface area contributed by atoms with E-state index < -0.39 is 22.1 Å². The van der Waals surface area contributed by atoms with Gasteiger partial charge in [-0.05, 0) is 35.8 Å². The lowest BCUT2D eigenvalue weighted by Crippen LogP contribution is -2.41. The van der Waals surface area contributed by atoms with Crippen molar-refractivity contribution in [2.75, 3.05) is 5.75 Å². The lowest BCUT2D eigenvalue weighted by atomic mass is 9.82. The predicted octanol–water partition coefficient (Wildman–Crippen LogP) is 4.56. The molecule has 148 valence electrons. The zero-order valence-electron chi connectivity index (χ0n) is 16.6. The summed E-state index contributed by atoms with van der Waals surface area (Å²) in [5.41, 5.74) is 8.08. The number of hydrogen-bond donors (Lipinski definition) is 2. The second-order valence-electron chi connectivity index (χ2n) is 7.26. The van der Waals surface area contributed by atoms with Crippen LogP contribution in [0, 0.1) is 5.41 Å². The fourth-order valence-corrected chi connectivity index (χ4v) is 5.74. The lowest BCUT2D eigenvalue weighted by Gasteiger charge is -2.32. The van der Waals surface area contributed by atoms with Crippen LogP contribution in [0.4, 0.5) is 0 Å². The van der Waals surface area contributed by atoms with Gasteiger partial charge in [0, 0.05) is 0 Å². The van der Waals surface area contributed by atoms with Gasteiger partial charge in [-0.1, -0.05) is 81.4 Å². The molecule has 27 heavy (non-hydrogen) atoms. The molecule has 0 fully saturated rings. The number of hydrogen-bond acceptors (Lipinski definition) is 3. The highest BCUT2D eigenvalue weighted by Crippen LogP contribution is 2.33. The van der Waals surface area contributed by atoms with Crippen LogP contribution in [0.1, 0.15) is 63.2 Å². The van der Waals surface area contributed by atoms with Crippen molar-refractivity contribution < 1.29 is 8.42 Å². The fourth-order valence-electron chi connectivity index (χ4n) is 3.57. The second kappa shape index (κ2) is 9.49. The van der Waals surface area contributed by atoms with Crippen LogP contribution in [0.5, 0.6) is 0 Å². The minimum atomic E-state index is -3.51. The van der Waals surface area contributed by atoms with Gasteiger partial charge in [0.2, 0.25) is 10.0 Å². The summed E-state index contributed by atoms with van der Waals surface area (Å²) in [5, 5.41) is 0. The molecule has 3 N–H and O–H groups in total. The average Bonchev–Trinajstić information content (AvgIpc) is 2.71. The van der Waals surface area contributed by atoms with E-state index in [2.05, 4.69) is 25.5 Å². The fraction of sp³-hybridized carbons (Fsp3) is 0.455. The zero-order chi connectivity index (χ0) is 19.9. The standard InChI is InChI=1S/C22H32N2O2S/c1-4-22(5-2,6-3)17-27(25,26)24-21(19-15-11-8-12-16-19)20(23)18-13-9-7-10-14-18/h7-16,20-21,24H,4-6,17,23H2,1-3H3. The summed E-state index contributed by atoms with van der Waals surface area (Å²) in [5.74, 6) is 0.119. The first-order chi connectivity index (χ1) is 12.9. The molecule has 0 aromatic heterocycles. The highest BCUT2D eigenvalue weighted by molar-refractivity contribution is 7.89. The Labute approximate surface area is 164 Å². The molecule has 0 heterocycles. The van der Waals surface area contributed by atoms with Crippen molar-refractivity contribution in [1.82, 2.24) is 4.72 Å². The van der Waals surface area contributed by atoms with Gasteiger partial charge in [-0.25, -0.2) is 13.1 Å². The molecule has 0 aliphatic rings. The lowest BCUT2D eigenvalue weighted by molar-refractivity contribution is 0.287. The largest absolute Gasteiger partial charge is 0.322 e. The van der Waals surface area contributed by atoms with Crippen LogP contribution in [0.25, 0.3) is 0 Å².